The molecule has 0 saturated heterocycles. The fourth-order valence-electron chi connectivity index (χ4n) is 6.46. The molecule has 4 aromatic rings. The number of hydrogen-bond acceptors (Lipinski definition) is 4. The van der Waals surface area contributed by atoms with E-state index in [0.29, 0.717) is 52.9 Å². The van der Waals surface area contributed by atoms with Gasteiger partial charge in [-0.15, -0.1) is 0 Å². The van der Waals surface area contributed by atoms with Gasteiger partial charge in [0.25, 0.3) is 0 Å². The smallest absolute Gasteiger partial charge is 0.178 e. The lowest BCUT2D eigenvalue weighted by Gasteiger charge is -2.08. The first-order valence-electron chi connectivity index (χ1n) is 19.5. The molecule has 0 aliphatic heterocycles. The van der Waals surface area contributed by atoms with Crippen molar-refractivity contribution in [2.45, 2.75) is 98.1 Å². The average molecular weight is 697 g/mol. The van der Waals surface area contributed by atoms with Crippen LogP contribution in [0.15, 0.2) is 91.4 Å². The Labute approximate surface area is 308 Å². The lowest BCUT2D eigenvalue weighted by Crippen LogP contribution is -2.38. The van der Waals surface area contributed by atoms with Gasteiger partial charge in [0.15, 0.2) is 30.8 Å². The summed E-state index contributed by atoms with van der Waals surface area (Å²) < 4.78 is 27.2. The van der Waals surface area contributed by atoms with Crippen molar-refractivity contribution in [3.05, 3.63) is 119 Å². The second-order valence-electron chi connectivity index (χ2n) is 13.8. The molecule has 6 nitrogen and oxygen atoms in total. The number of benzene rings is 2. The van der Waals surface area contributed by atoms with Crippen molar-refractivity contribution in [2.75, 3.05) is 52.9 Å². The highest BCUT2D eigenvalue weighted by Crippen LogP contribution is 2.21. The minimum absolute atomic E-state index is 0.570. The van der Waals surface area contributed by atoms with E-state index in [1.807, 2.05) is 12.1 Å². The maximum absolute atomic E-state index is 5.79. The Morgan fingerprint density at radius 2 is 0.941 bits per heavy atom. The molecule has 0 spiro atoms. The Bertz CT molecular complexity index is 1470. The molecule has 276 valence electrons. The first-order valence-corrected chi connectivity index (χ1v) is 19.5. The van der Waals surface area contributed by atoms with Gasteiger partial charge in [0.2, 0.25) is 0 Å². The predicted molar refractivity (Wildman–Crippen MR) is 207 cm³/mol. The van der Waals surface area contributed by atoms with Crippen molar-refractivity contribution < 1.29 is 28.1 Å². The molecule has 51 heavy (non-hydrogen) atoms. The van der Waals surface area contributed by atoms with Crippen LogP contribution in [0.2, 0.25) is 0 Å². The van der Waals surface area contributed by atoms with Crippen LogP contribution < -0.4 is 9.13 Å². The summed E-state index contributed by atoms with van der Waals surface area (Å²) in [7, 11) is 0. The van der Waals surface area contributed by atoms with Crippen molar-refractivity contribution in [2.24, 2.45) is 0 Å². The molecule has 4 rings (SSSR count). The summed E-state index contributed by atoms with van der Waals surface area (Å²) in [5.74, 6) is 0. The normalized spacial score (nSPS) is 11.4. The fourth-order valence-corrected chi connectivity index (χ4v) is 6.46. The number of nitrogens with zero attached hydrogens (tertiary/aromatic N) is 2. The van der Waals surface area contributed by atoms with Crippen LogP contribution >= 0.6 is 0 Å². The van der Waals surface area contributed by atoms with E-state index in [4.69, 9.17) is 18.9 Å². The minimum Gasteiger partial charge on any atom is -0.379 e. The van der Waals surface area contributed by atoms with Crippen molar-refractivity contribution in [3.63, 3.8) is 0 Å². The van der Waals surface area contributed by atoms with Gasteiger partial charge in [-0.2, -0.15) is 0 Å². The van der Waals surface area contributed by atoms with Gasteiger partial charge in [-0.3, -0.25) is 0 Å². The molecule has 2 aromatic carbocycles. The lowest BCUT2D eigenvalue weighted by atomic mass is 9.99. The molecule has 0 aliphatic carbocycles. The Balaban J connectivity index is 0.933. The standard InChI is InChI=1S/C45H64N2O4/c1-39-36-40(2)38-46(37-39)25-12-9-7-5-4-6-8-10-15-42-16-20-44(21-17-42)45-22-18-43(19-23-45)24-28-48-30-32-50-34-35-51-33-31-49-29-27-47-26-13-11-14-41(47)3/h11,13-14,16-23,26,36-38H,4-10,12,15,24-25,27-35H2,1-3H3/q+2. The van der Waals surface area contributed by atoms with Gasteiger partial charge in [-0.05, 0) is 67.9 Å². The Morgan fingerprint density at radius 1 is 0.451 bits per heavy atom. The molecule has 0 unspecified atom stereocenters. The van der Waals surface area contributed by atoms with Gasteiger partial charge in [0.05, 0.1) is 46.2 Å². The molecule has 0 N–H and O–H groups in total. The van der Waals surface area contributed by atoms with Crippen molar-refractivity contribution in [3.8, 4) is 11.1 Å². The molecule has 0 bridgehead atoms. The summed E-state index contributed by atoms with van der Waals surface area (Å²) in [6, 6.07) is 26.5. The van der Waals surface area contributed by atoms with Crippen LogP contribution in [0, 0.1) is 20.8 Å². The van der Waals surface area contributed by atoms with E-state index in [0.717, 1.165) is 19.5 Å². The first-order chi connectivity index (χ1) is 25.1. The number of hydrogen-bond donors (Lipinski definition) is 0. The quantitative estimate of drug-likeness (QED) is 0.0463. The van der Waals surface area contributed by atoms with E-state index in [1.54, 1.807) is 0 Å². The van der Waals surface area contributed by atoms with E-state index >= 15 is 0 Å². The van der Waals surface area contributed by atoms with Gasteiger partial charge >= 0.3 is 0 Å². The fraction of sp³-hybridized carbons (Fsp3) is 0.511. The second kappa shape index (κ2) is 24.7. The van der Waals surface area contributed by atoms with Gasteiger partial charge in [0.1, 0.15) is 13.2 Å². The first kappa shape index (κ1) is 40.4. The van der Waals surface area contributed by atoms with Crippen molar-refractivity contribution >= 4 is 0 Å². The van der Waals surface area contributed by atoms with Crippen LogP contribution in [-0.4, -0.2) is 52.9 Å². The van der Waals surface area contributed by atoms with Crippen LogP contribution in [0.1, 0.15) is 79.3 Å². The van der Waals surface area contributed by atoms with E-state index in [1.165, 1.54) is 96.9 Å². The average Bonchev–Trinajstić information content (AvgIpc) is 3.13. The zero-order valence-electron chi connectivity index (χ0n) is 31.8. The highest BCUT2D eigenvalue weighted by atomic mass is 16.6. The molecule has 0 saturated carbocycles. The Hall–Kier alpha value is -3.42. The van der Waals surface area contributed by atoms with Crippen LogP contribution in [-0.2, 0) is 44.9 Å². The highest BCUT2D eigenvalue weighted by Gasteiger charge is 2.05. The van der Waals surface area contributed by atoms with Gasteiger partial charge < -0.3 is 18.9 Å². The number of unbranched alkanes of at least 4 members (excludes halogenated alkanes) is 7. The van der Waals surface area contributed by atoms with Crippen LogP contribution in [0.3, 0.4) is 0 Å². The summed E-state index contributed by atoms with van der Waals surface area (Å²) in [4.78, 5) is 0. The second-order valence-corrected chi connectivity index (χ2v) is 13.8. The number of rotatable bonds is 27. The molecule has 0 fully saturated rings. The third-order valence-corrected chi connectivity index (χ3v) is 9.36. The summed E-state index contributed by atoms with van der Waals surface area (Å²) in [6.07, 6.45) is 19.4. The molecular formula is C45H64N2O4+2. The zero-order chi connectivity index (χ0) is 35.8. The van der Waals surface area contributed by atoms with Gasteiger partial charge in [-0.1, -0.05) is 86.7 Å². The predicted octanol–water partition coefficient (Wildman–Crippen LogP) is 8.53. The largest absolute Gasteiger partial charge is 0.379 e. The maximum atomic E-state index is 5.79. The van der Waals surface area contributed by atoms with E-state index < -0.39 is 0 Å². The monoisotopic (exact) mass is 696 g/mol. The molecule has 6 heteroatoms. The summed E-state index contributed by atoms with van der Waals surface area (Å²) in [6.45, 7) is 13.3. The number of aryl methyl sites for hydroxylation is 5. The third-order valence-electron chi connectivity index (χ3n) is 9.36. The maximum Gasteiger partial charge on any atom is 0.178 e. The molecule has 2 heterocycles. The molecule has 0 atom stereocenters. The molecule has 0 aliphatic rings. The highest BCUT2D eigenvalue weighted by molar-refractivity contribution is 5.64. The molecule has 2 aromatic heterocycles. The molecular weight excluding hydrogens is 633 g/mol. The van der Waals surface area contributed by atoms with Crippen LogP contribution in [0.25, 0.3) is 11.1 Å². The van der Waals surface area contributed by atoms with Crippen LogP contribution in [0.5, 0.6) is 0 Å². The van der Waals surface area contributed by atoms with Gasteiger partial charge in [0, 0.05) is 36.6 Å². The lowest BCUT2D eigenvalue weighted by molar-refractivity contribution is -0.704. The summed E-state index contributed by atoms with van der Waals surface area (Å²) in [5.41, 5.74) is 9.23. The Kier molecular flexibility index (Phi) is 19.6. The van der Waals surface area contributed by atoms with E-state index in [-0.39, 0.29) is 0 Å². The topological polar surface area (TPSA) is 44.7 Å². The number of aromatic nitrogens is 2. The number of ether oxygens (including phenoxy) is 4. The van der Waals surface area contributed by atoms with Crippen molar-refractivity contribution in [1.82, 2.24) is 0 Å². The SMILES string of the molecule is Cc1cc(C)c[n+](CCCCCCCCCCc2ccc(-c3ccc(CCOCCOCCOCCOCC[n+]4ccccc4C)cc3)cc2)c1. The summed E-state index contributed by atoms with van der Waals surface area (Å²) >= 11 is 0. The summed E-state index contributed by atoms with van der Waals surface area (Å²) in [5, 5.41) is 0. The third kappa shape index (κ3) is 17.1. The van der Waals surface area contributed by atoms with E-state index in [9.17, 15) is 0 Å². The Morgan fingerprint density at radius 3 is 1.51 bits per heavy atom. The molecule has 0 radical (unpaired) electrons. The zero-order valence-corrected chi connectivity index (χ0v) is 31.8. The molecule has 0 amide bonds. The minimum atomic E-state index is 0.570. The van der Waals surface area contributed by atoms with Crippen LogP contribution in [0.4, 0.5) is 0 Å². The van der Waals surface area contributed by atoms with Gasteiger partial charge in [-0.25, -0.2) is 9.13 Å². The van der Waals surface area contributed by atoms with Crippen molar-refractivity contribution in [1.29, 1.82) is 0 Å². The number of pyridine rings is 2. The van der Waals surface area contributed by atoms with E-state index in [2.05, 4.69) is 109 Å².